The van der Waals surface area contributed by atoms with Gasteiger partial charge in [0.25, 0.3) is 0 Å². The van der Waals surface area contributed by atoms with Crippen LogP contribution >= 0.6 is 0 Å². The molecule has 0 rings (SSSR count). The van der Waals surface area contributed by atoms with E-state index in [2.05, 4.69) is 2.84 Å². The van der Waals surface area contributed by atoms with Crippen LogP contribution in [0.2, 0.25) is 0 Å². The van der Waals surface area contributed by atoms with Crippen LogP contribution in [0, 0.1) is 0 Å². The summed E-state index contributed by atoms with van der Waals surface area (Å²) in [5.41, 5.74) is 0. The average molecular weight is 308 g/mol. The Bertz CT molecular complexity index is 381. The molecule has 0 fully saturated rings. The predicted octanol–water partition coefficient (Wildman–Crippen LogP) is -2.51. The molecule has 0 aromatic heterocycles. The van der Waals surface area contributed by atoms with Gasteiger partial charge in [0.2, 0.25) is 0 Å². The maximum atomic E-state index is 9.53. The second-order valence-electron chi connectivity index (χ2n) is 1.53. The third-order valence-electron chi connectivity index (χ3n) is 0.355. The Morgan fingerprint density at radius 1 is 0.800 bits per heavy atom. The van der Waals surface area contributed by atoms with Gasteiger partial charge in [-0.1, -0.05) is 0 Å². The van der Waals surface area contributed by atoms with Gasteiger partial charge in [0.1, 0.15) is 0 Å². The Balaban J connectivity index is 0. The van der Waals surface area contributed by atoms with E-state index in [1.54, 1.807) is 0 Å². The third kappa shape index (κ3) is 19.5. The van der Waals surface area contributed by atoms with Gasteiger partial charge in [0.05, 0.1) is 0 Å². The average Bonchev–Trinajstić information content (AvgIpc) is 1.78. The normalized spacial score (nSPS) is 11.1. The van der Waals surface area contributed by atoms with E-state index in [0.717, 1.165) is 0 Å². The fourth-order valence-electron chi connectivity index (χ4n) is 0.109. The van der Waals surface area contributed by atoms with Crippen LogP contribution in [0.5, 0.6) is 0 Å². The van der Waals surface area contributed by atoms with E-state index in [4.69, 9.17) is 28.1 Å². The van der Waals surface area contributed by atoms with Gasteiger partial charge in [-0.2, -0.15) is 0 Å². The summed E-state index contributed by atoms with van der Waals surface area (Å²) in [6, 6.07) is 0. The molecule has 0 atom stereocenters. The quantitative estimate of drug-likeness (QED) is 0.393. The molecule has 4 N–H and O–H groups in total. The molecule has 0 saturated heterocycles. The molecule has 0 aromatic rings. The molecule has 0 aliphatic heterocycles. The van der Waals surface area contributed by atoms with Crippen molar-refractivity contribution in [2.45, 2.75) is 0 Å². The van der Waals surface area contributed by atoms with Crippen LogP contribution in [0.3, 0.4) is 0 Å². The summed E-state index contributed by atoms with van der Waals surface area (Å²) in [6.45, 7) is 0. The summed E-state index contributed by atoms with van der Waals surface area (Å²) in [4.78, 5) is 18.2. The van der Waals surface area contributed by atoms with E-state index in [1.807, 2.05) is 0 Å². The van der Waals surface area contributed by atoms with Crippen molar-refractivity contribution in [1.29, 1.82) is 0 Å². The zero-order valence-electron chi connectivity index (χ0n) is 6.46. The first kappa shape index (κ1) is 16.5. The Kier molecular flexibility index (Phi) is 6.43. The Morgan fingerprint density at radius 3 is 1.00 bits per heavy atom. The Hall–Kier alpha value is -0.915. The van der Waals surface area contributed by atoms with Crippen molar-refractivity contribution in [3.8, 4) is 0 Å². The van der Waals surface area contributed by atoms with Gasteiger partial charge in [0.15, 0.2) is 0 Å². The third-order valence-corrected chi connectivity index (χ3v) is 3.11. The first-order valence-corrected chi connectivity index (χ1v) is 6.73. The number of aliphatic carboxylic acids is 2. The van der Waals surface area contributed by atoms with Crippen molar-refractivity contribution in [2.24, 2.45) is 0 Å². The zero-order chi connectivity index (χ0) is 12.9. The van der Waals surface area contributed by atoms with Crippen molar-refractivity contribution >= 4 is 11.9 Å². The number of rotatable bonds is 2. The zero-order valence-corrected chi connectivity index (χ0v) is 9.01. The Morgan fingerprint density at radius 2 is 1.00 bits per heavy atom. The number of carboxylic acid groups (broad SMARTS) is 2. The molecule has 0 spiro atoms. The summed E-state index contributed by atoms with van der Waals surface area (Å²) >= 11 is -11.5. The molecule has 13 heteroatoms. The summed E-state index contributed by atoms with van der Waals surface area (Å²) in [6.07, 6.45) is 0. The van der Waals surface area contributed by atoms with Crippen LogP contribution in [0.4, 0.5) is 0 Å². The van der Waals surface area contributed by atoms with Gasteiger partial charge in [-0.25, -0.2) is 9.59 Å². The number of hydrogen-bond acceptors (Lipinski definition) is 7. The minimum atomic E-state index is -5.76. The van der Waals surface area contributed by atoms with Crippen molar-refractivity contribution in [2.75, 3.05) is 0 Å². The van der Waals surface area contributed by atoms with Gasteiger partial charge in [-0.05, 0) is 0 Å². The topological polar surface area (TPSA) is 193 Å². The maximum absolute atomic E-state index is 9.53. The van der Waals surface area contributed by atoms with Crippen molar-refractivity contribution in [1.82, 2.24) is 0 Å². The summed E-state index contributed by atoms with van der Waals surface area (Å²) < 4.78 is 56.3. The van der Waals surface area contributed by atoms with Crippen molar-refractivity contribution < 1.29 is 73.4 Å². The van der Waals surface area contributed by atoms with Gasteiger partial charge in [-0.15, -0.1) is 0 Å². The molecule has 0 bridgehead atoms. The molecule has 0 radical (unpaired) electrons. The van der Waals surface area contributed by atoms with Crippen LogP contribution in [-0.2, 0) is 54.9 Å². The molecule has 0 unspecified atom stereocenters. The van der Waals surface area contributed by atoms with E-state index >= 15 is 0 Å². The van der Waals surface area contributed by atoms with E-state index in [1.165, 1.54) is 0 Å². The van der Waals surface area contributed by atoms with Gasteiger partial charge >= 0.3 is 65.5 Å². The molecule has 90 valence electrons. The van der Waals surface area contributed by atoms with E-state index < -0.39 is 39.2 Å². The fraction of sp³-hybridized carbons (Fsp3) is 0. The van der Waals surface area contributed by atoms with Crippen molar-refractivity contribution in [3.63, 3.8) is 0 Å². The van der Waals surface area contributed by atoms with Crippen LogP contribution < -0.4 is 0 Å². The van der Waals surface area contributed by atoms with Gasteiger partial charge < -0.3 is 10.2 Å². The molecule has 15 heavy (non-hydrogen) atoms. The minimum absolute atomic E-state index is 1.82. The molecule has 0 amide bonds. The number of carbonyl (C=O) groups is 2. The second kappa shape index (κ2) is 5.84. The Labute approximate surface area is 85.7 Å². The first-order chi connectivity index (χ1) is 6.35. The van der Waals surface area contributed by atoms with Crippen LogP contribution in [0.25, 0.3) is 0 Å². The summed E-state index contributed by atoms with van der Waals surface area (Å²) in [5, 5.41) is 14.8. The molecular weight excluding hydrogens is 304 g/mol. The fourth-order valence-corrected chi connectivity index (χ4v) is 1.85. The summed E-state index contributed by atoms with van der Waals surface area (Å²) in [7, 11) is 0. The molecule has 0 aromatic carbocycles. The molecular formula is C2H4Cr2O11. The standard InChI is InChI=1S/C2H2O4.2Cr.2H2O.5O/c3-1(4)2(5)6;;;;;;;;;/h(H,3,4)(H,5,6);;;2*1H2;;;;;/q;2*+1;;;;;;;/p-2. The molecule has 11 nitrogen and oxygen atoms in total. The van der Waals surface area contributed by atoms with E-state index in [0.29, 0.717) is 0 Å². The predicted molar refractivity (Wildman–Crippen MR) is 23.5 cm³/mol. The molecule has 0 saturated carbocycles. The van der Waals surface area contributed by atoms with Gasteiger partial charge in [-0.3, -0.25) is 0 Å². The molecule has 0 aliphatic carbocycles. The first-order valence-electron chi connectivity index (χ1n) is 2.47. The van der Waals surface area contributed by atoms with E-state index in [-0.39, 0.29) is 0 Å². The molecule has 0 aliphatic rings. The number of hydrogen-bond donors (Lipinski definition) is 4. The van der Waals surface area contributed by atoms with Crippen molar-refractivity contribution in [3.05, 3.63) is 0 Å². The summed E-state index contributed by atoms with van der Waals surface area (Å²) in [5.74, 6) is -3.65. The van der Waals surface area contributed by atoms with Crippen LogP contribution in [-0.4, -0.2) is 30.5 Å². The number of carboxylic acids is 2. The van der Waals surface area contributed by atoms with Crippen LogP contribution in [0.15, 0.2) is 0 Å². The second-order valence-corrected chi connectivity index (χ2v) is 5.29. The van der Waals surface area contributed by atoms with Crippen LogP contribution in [0.1, 0.15) is 0 Å². The van der Waals surface area contributed by atoms with Gasteiger partial charge in [0, 0.05) is 0 Å². The molecule has 0 heterocycles. The SMILES string of the molecule is O=C(O)C(=O)O.[O]=[Cr](=[O])([OH])[O][Cr](=[O])(=[O])[OH]. The monoisotopic (exact) mass is 308 g/mol. The van der Waals surface area contributed by atoms with E-state index in [9.17, 15) is 15.2 Å².